The van der Waals surface area contributed by atoms with Crippen molar-refractivity contribution >= 4 is 0 Å². The fraction of sp³-hybridized carbons (Fsp3) is 0.583. The lowest BCUT2D eigenvalue weighted by atomic mass is 10.0. The van der Waals surface area contributed by atoms with Gasteiger partial charge in [0, 0.05) is 12.7 Å². The van der Waals surface area contributed by atoms with Crippen LogP contribution in [0.2, 0.25) is 0 Å². The summed E-state index contributed by atoms with van der Waals surface area (Å²) in [6, 6.07) is 0.156. The Kier molecular flexibility index (Phi) is 3.93. The Morgan fingerprint density at radius 3 is 2.60 bits per heavy atom. The van der Waals surface area contributed by atoms with E-state index in [1.54, 1.807) is 0 Å². The van der Waals surface area contributed by atoms with Crippen molar-refractivity contribution in [2.45, 2.75) is 32.7 Å². The van der Waals surface area contributed by atoms with Gasteiger partial charge in [0.05, 0.1) is 11.7 Å². The summed E-state index contributed by atoms with van der Waals surface area (Å²) >= 11 is 0. The minimum atomic E-state index is 0.156. The van der Waals surface area contributed by atoms with E-state index in [1.165, 1.54) is 11.3 Å². The van der Waals surface area contributed by atoms with Gasteiger partial charge in [-0.2, -0.15) is 5.10 Å². The van der Waals surface area contributed by atoms with E-state index < -0.39 is 0 Å². The molecule has 0 aliphatic carbocycles. The molecule has 1 aromatic rings. The second-order valence-electron chi connectivity index (χ2n) is 3.82. The highest BCUT2D eigenvalue weighted by Gasteiger charge is 2.10. The second kappa shape index (κ2) is 4.99. The minimum Gasteiger partial charge on any atom is -0.307 e. The summed E-state index contributed by atoms with van der Waals surface area (Å²) in [6.45, 7) is 4.15. The summed E-state index contributed by atoms with van der Waals surface area (Å²) < 4.78 is 1.93. The van der Waals surface area contributed by atoms with Crippen molar-refractivity contribution in [3.05, 3.63) is 17.0 Å². The predicted octanol–water partition coefficient (Wildman–Crippen LogP) is 1.19. The van der Waals surface area contributed by atoms with Crippen molar-refractivity contribution in [1.29, 1.82) is 0 Å². The summed E-state index contributed by atoms with van der Waals surface area (Å²) in [6.07, 6.45) is 7.34. The zero-order valence-electron chi connectivity index (χ0n) is 9.96. The molecule has 3 heteroatoms. The molecule has 0 fully saturated rings. The Hall–Kier alpha value is -1.27. The largest absolute Gasteiger partial charge is 0.307 e. The summed E-state index contributed by atoms with van der Waals surface area (Å²) in [5.74, 6) is 2.73. The smallest absolute Gasteiger partial charge is 0.0687 e. The van der Waals surface area contributed by atoms with Crippen molar-refractivity contribution in [2.24, 2.45) is 7.05 Å². The van der Waals surface area contributed by atoms with Gasteiger partial charge in [-0.1, -0.05) is 5.92 Å². The van der Waals surface area contributed by atoms with Gasteiger partial charge in [0.1, 0.15) is 0 Å². The van der Waals surface area contributed by atoms with Crippen molar-refractivity contribution in [3.8, 4) is 12.3 Å². The first kappa shape index (κ1) is 11.8. The molecule has 0 spiro atoms. The van der Waals surface area contributed by atoms with Gasteiger partial charge in [0.25, 0.3) is 0 Å². The van der Waals surface area contributed by atoms with Crippen molar-refractivity contribution in [2.75, 3.05) is 7.05 Å². The molecule has 82 valence electrons. The van der Waals surface area contributed by atoms with Gasteiger partial charge >= 0.3 is 0 Å². The van der Waals surface area contributed by atoms with Crippen LogP contribution >= 0.6 is 0 Å². The van der Waals surface area contributed by atoms with Crippen LogP contribution in [0.15, 0.2) is 0 Å². The predicted molar refractivity (Wildman–Crippen MR) is 62.7 cm³/mol. The van der Waals surface area contributed by atoms with Crippen LogP contribution in [0.5, 0.6) is 0 Å². The lowest BCUT2D eigenvalue weighted by Crippen LogP contribution is -2.23. The van der Waals surface area contributed by atoms with E-state index in [9.17, 15) is 0 Å². The van der Waals surface area contributed by atoms with E-state index in [0.29, 0.717) is 0 Å². The number of hydrogen-bond acceptors (Lipinski definition) is 2. The number of terminal acetylenes is 1. The summed E-state index contributed by atoms with van der Waals surface area (Å²) in [4.78, 5) is 0. The molecule has 1 unspecified atom stereocenters. The lowest BCUT2D eigenvalue weighted by molar-refractivity contribution is 0.628. The van der Waals surface area contributed by atoms with Crippen LogP contribution in [0.4, 0.5) is 0 Å². The maximum atomic E-state index is 5.40. The van der Waals surface area contributed by atoms with Gasteiger partial charge in [0.15, 0.2) is 0 Å². The van der Waals surface area contributed by atoms with Crippen molar-refractivity contribution in [3.63, 3.8) is 0 Å². The number of hydrogen-bond donors (Lipinski definition) is 1. The molecule has 1 atom stereocenters. The third-order valence-electron chi connectivity index (χ3n) is 2.89. The van der Waals surface area contributed by atoms with E-state index >= 15 is 0 Å². The first-order valence-electron chi connectivity index (χ1n) is 5.22. The zero-order chi connectivity index (χ0) is 11.4. The van der Waals surface area contributed by atoms with Crippen LogP contribution in [-0.4, -0.2) is 22.9 Å². The highest BCUT2D eigenvalue weighted by molar-refractivity contribution is 5.24. The monoisotopic (exact) mass is 205 g/mol. The van der Waals surface area contributed by atoms with Crippen LogP contribution in [0.3, 0.4) is 0 Å². The molecule has 1 N–H and O–H groups in total. The van der Waals surface area contributed by atoms with Crippen LogP contribution in [-0.2, 0) is 13.5 Å². The number of aromatic nitrogens is 2. The Balaban J connectivity index is 2.69. The molecule has 0 aliphatic heterocycles. The molecule has 1 aromatic heterocycles. The average Bonchev–Trinajstić information content (AvgIpc) is 2.45. The van der Waals surface area contributed by atoms with Gasteiger partial charge < -0.3 is 5.32 Å². The molecule has 0 radical (unpaired) electrons. The van der Waals surface area contributed by atoms with Gasteiger partial charge in [-0.15, -0.1) is 6.42 Å². The Morgan fingerprint density at radius 2 is 2.20 bits per heavy atom. The maximum Gasteiger partial charge on any atom is 0.0687 e. The summed E-state index contributed by atoms with van der Waals surface area (Å²) in [7, 11) is 3.87. The highest BCUT2D eigenvalue weighted by Crippen LogP contribution is 2.14. The van der Waals surface area contributed by atoms with Crippen molar-refractivity contribution < 1.29 is 0 Å². The standard InChI is InChI=1S/C12H19N3/c1-6-11(13-4)7-8-12-9(2)14-15(5)10(12)3/h1,11,13H,7-8H2,2-5H3. The van der Waals surface area contributed by atoms with Gasteiger partial charge in [-0.25, -0.2) is 0 Å². The van der Waals surface area contributed by atoms with Crippen LogP contribution < -0.4 is 5.32 Å². The molecule has 3 nitrogen and oxygen atoms in total. The van der Waals surface area contributed by atoms with E-state index in [-0.39, 0.29) is 6.04 Å². The summed E-state index contributed by atoms with van der Waals surface area (Å²) in [5.41, 5.74) is 3.68. The molecule has 0 bridgehead atoms. The quantitative estimate of drug-likeness (QED) is 0.748. The zero-order valence-corrected chi connectivity index (χ0v) is 9.96. The first-order chi connectivity index (χ1) is 7.10. The molecule has 15 heavy (non-hydrogen) atoms. The first-order valence-corrected chi connectivity index (χ1v) is 5.22. The van der Waals surface area contributed by atoms with Gasteiger partial charge in [-0.05, 0) is 39.3 Å². The lowest BCUT2D eigenvalue weighted by Gasteiger charge is -2.08. The molecular formula is C12H19N3. The topological polar surface area (TPSA) is 29.9 Å². The van der Waals surface area contributed by atoms with Crippen LogP contribution in [0.25, 0.3) is 0 Å². The van der Waals surface area contributed by atoms with E-state index in [1.807, 2.05) is 25.7 Å². The third kappa shape index (κ3) is 2.60. The minimum absolute atomic E-state index is 0.156. The number of rotatable bonds is 4. The van der Waals surface area contributed by atoms with Crippen molar-refractivity contribution in [1.82, 2.24) is 15.1 Å². The fourth-order valence-corrected chi connectivity index (χ4v) is 1.78. The number of nitrogens with zero attached hydrogens (tertiary/aromatic N) is 2. The average molecular weight is 205 g/mol. The Labute approximate surface area is 91.9 Å². The number of aryl methyl sites for hydroxylation is 2. The molecule has 1 rings (SSSR count). The normalized spacial score (nSPS) is 12.5. The SMILES string of the molecule is C#CC(CCc1c(C)nn(C)c1C)NC. The number of nitrogens with one attached hydrogen (secondary N) is 1. The maximum absolute atomic E-state index is 5.40. The van der Waals surface area contributed by atoms with Crippen LogP contribution in [0, 0.1) is 26.2 Å². The highest BCUT2D eigenvalue weighted by atomic mass is 15.3. The van der Waals surface area contributed by atoms with E-state index in [2.05, 4.69) is 23.3 Å². The third-order valence-corrected chi connectivity index (χ3v) is 2.89. The molecule has 0 aromatic carbocycles. The molecule has 0 amide bonds. The van der Waals surface area contributed by atoms with E-state index in [4.69, 9.17) is 6.42 Å². The molecule has 1 heterocycles. The van der Waals surface area contributed by atoms with Gasteiger partial charge in [0.2, 0.25) is 0 Å². The van der Waals surface area contributed by atoms with E-state index in [0.717, 1.165) is 18.5 Å². The molecule has 0 aliphatic rings. The van der Waals surface area contributed by atoms with Crippen LogP contribution in [0.1, 0.15) is 23.4 Å². The summed E-state index contributed by atoms with van der Waals surface area (Å²) in [5, 5.41) is 7.49. The second-order valence-corrected chi connectivity index (χ2v) is 3.82. The fourth-order valence-electron chi connectivity index (χ4n) is 1.78. The molecular weight excluding hydrogens is 186 g/mol. The van der Waals surface area contributed by atoms with Gasteiger partial charge in [-0.3, -0.25) is 4.68 Å². The Bertz CT molecular complexity index is 371. The molecule has 0 saturated heterocycles. The molecule has 0 saturated carbocycles. The Morgan fingerprint density at radius 1 is 1.53 bits per heavy atom.